The number of benzene rings is 7. The summed E-state index contributed by atoms with van der Waals surface area (Å²) in [4.78, 5) is 20.9. The Kier molecular flexibility index (Phi) is 7.10. The first kappa shape index (κ1) is 29.8. The van der Waals surface area contributed by atoms with Crippen LogP contribution in [0.1, 0.15) is 0 Å². The monoisotopic (exact) mass is 662 g/mol. The summed E-state index contributed by atoms with van der Waals surface area (Å²) < 4.78 is 0. The van der Waals surface area contributed by atoms with Crippen LogP contribution in [0.2, 0.25) is 0 Å². The number of fused-ring (bicyclic) bond motifs is 5. The van der Waals surface area contributed by atoms with Crippen LogP contribution in [0.3, 0.4) is 0 Å². The van der Waals surface area contributed by atoms with Crippen molar-refractivity contribution in [1.29, 1.82) is 0 Å². The Hall–Kier alpha value is -7.04. The molecule has 0 saturated heterocycles. The molecule has 52 heavy (non-hydrogen) atoms. The van der Waals surface area contributed by atoms with Gasteiger partial charge in [-0.25, -0.2) is 19.9 Å². The minimum Gasteiger partial charge on any atom is -0.245 e. The molecule has 7 aromatic carbocycles. The summed E-state index contributed by atoms with van der Waals surface area (Å²) in [7, 11) is 0. The highest BCUT2D eigenvalue weighted by Crippen LogP contribution is 2.37. The fourth-order valence-corrected chi connectivity index (χ4v) is 7.27. The van der Waals surface area contributed by atoms with Crippen molar-refractivity contribution in [3.05, 3.63) is 182 Å². The molecular formula is C48H30N4. The normalized spacial score (nSPS) is 11.5. The van der Waals surface area contributed by atoms with Gasteiger partial charge in [0.05, 0.1) is 44.8 Å². The molecule has 0 radical (unpaired) electrons. The van der Waals surface area contributed by atoms with Crippen molar-refractivity contribution in [2.45, 2.75) is 0 Å². The lowest BCUT2D eigenvalue weighted by atomic mass is 9.95. The first-order valence-corrected chi connectivity index (χ1v) is 17.5. The number of hydrogen-bond acceptors (Lipinski definition) is 4. The molecule has 0 aliphatic carbocycles. The highest BCUT2D eigenvalue weighted by molar-refractivity contribution is 6.06. The molecule has 0 aliphatic heterocycles. The van der Waals surface area contributed by atoms with Crippen LogP contribution in [-0.4, -0.2) is 19.9 Å². The van der Waals surface area contributed by atoms with Crippen LogP contribution in [0.15, 0.2) is 182 Å². The number of hydrogen-bond donors (Lipinski definition) is 0. The SMILES string of the molecule is c1ccc(-c2ccc3ccc4ccc(-c5cccc6cc(-c7cccc8nc(-c9ccccc9)c(-c9ccccc9)nc78)ccc56)nc4c3n2)cc1. The summed E-state index contributed by atoms with van der Waals surface area (Å²) in [5.74, 6) is 0. The zero-order valence-corrected chi connectivity index (χ0v) is 28.1. The fourth-order valence-electron chi connectivity index (χ4n) is 7.27. The molecule has 242 valence electrons. The van der Waals surface area contributed by atoms with Crippen molar-refractivity contribution in [1.82, 2.24) is 19.9 Å². The Morgan fingerprint density at radius 3 is 1.54 bits per heavy atom. The fraction of sp³-hybridized carbons (Fsp3) is 0. The van der Waals surface area contributed by atoms with Crippen molar-refractivity contribution in [2.75, 3.05) is 0 Å². The Morgan fingerprint density at radius 2 is 0.846 bits per heavy atom. The van der Waals surface area contributed by atoms with E-state index in [2.05, 4.69) is 127 Å². The molecule has 0 bridgehead atoms. The zero-order valence-electron chi connectivity index (χ0n) is 28.1. The number of pyridine rings is 2. The van der Waals surface area contributed by atoms with Gasteiger partial charge < -0.3 is 0 Å². The van der Waals surface area contributed by atoms with Gasteiger partial charge in [0.15, 0.2) is 0 Å². The predicted octanol–water partition coefficient (Wildman–Crippen LogP) is 12.2. The third-order valence-electron chi connectivity index (χ3n) is 9.85. The molecule has 0 amide bonds. The van der Waals surface area contributed by atoms with E-state index in [0.717, 1.165) is 99.8 Å². The minimum atomic E-state index is 0.863. The van der Waals surface area contributed by atoms with Crippen molar-refractivity contribution < 1.29 is 0 Å². The van der Waals surface area contributed by atoms with Gasteiger partial charge in [-0.3, -0.25) is 0 Å². The summed E-state index contributed by atoms with van der Waals surface area (Å²) in [6.45, 7) is 0. The van der Waals surface area contributed by atoms with E-state index in [1.807, 2.05) is 54.6 Å². The summed E-state index contributed by atoms with van der Waals surface area (Å²) in [6, 6.07) is 63.1. The topological polar surface area (TPSA) is 51.6 Å². The maximum absolute atomic E-state index is 5.34. The maximum Gasteiger partial charge on any atom is 0.0973 e. The molecule has 0 unspecified atom stereocenters. The van der Waals surface area contributed by atoms with E-state index in [-0.39, 0.29) is 0 Å². The van der Waals surface area contributed by atoms with Crippen LogP contribution in [0.25, 0.3) is 99.8 Å². The molecule has 10 rings (SSSR count). The molecule has 10 aromatic rings. The number of para-hydroxylation sites is 1. The van der Waals surface area contributed by atoms with Gasteiger partial charge in [0.1, 0.15) is 0 Å². The van der Waals surface area contributed by atoms with E-state index in [4.69, 9.17) is 19.9 Å². The van der Waals surface area contributed by atoms with Gasteiger partial charge in [-0.15, -0.1) is 0 Å². The molecule has 3 aromatic heterocycles. The van der Waals surface area contributed by atoms with E-state index in [0.29, 0.717) is 0 Å². The molecule has 0 aliphatic rings. The second-order valence-corrected chi connectivity index (χ2v) is 13.0. The van der Waals surface area contributed by atoms with Crippen LogP contribution >= 0.6 is 0 Å². The van der Waals surface area contributed by atoms with Gasteiger partial charge in [-0.1, -0.05) is 158 Å². The first-order valence-electron chi connectivity index (χ1n) is 17.5. The number of nitrogens with zero attached hydrogens (tertiary/aromatic N) is 4. The third-order valence-corrected chi connectivity index (χ3v) is 9.85. The smallest absolute Gasteiger partial charge is 0.0973 e. The molecule has 4 heteroatoms. The van der Waals surface area contributed by atoms with Crippen LogP contribution in [0.5, 0.6) is 0 Å². The van der Waals surface area contributed by atoms with Crippen molar-refractivity contribution in [2.24, 2.45) is 0 Å². The highest BCUT2D eigenvalue weighted by Gasteiger charge is 2.17. The second kappa shape index (κ2) is 12.4. The summed E-state index contributed by atoms with van der Waals surface area (Å²) in [5.41, 5.74) is 13.5. The third kappa shape index (κ3) is 5.17. The quantitative estimate of drug-likeness (QED) is 0.172. The van der Waals surface area contributed by atoms with Gasteiger partial charge in [0.25, 0.3) is 0 Å². The molecular weight excluding hydrogens is 633 g/mol. The number of aromatic nitrogens is 4. The van der Waals surface area contributed by atoms with Crippen molar-refractivity contribution >= 4 is 43.6 Å². The Balaban J connectivity index is 1.10. The average Bonchev–Trinajstić information content (AvgIpc) is 3.23. The molecule has 4 nitrogen and oxygen atoms in total. The van der Waals surface area contributed by atoms with Crippen LogP contribution < -0.4 is 0 Å². The molecule has 0 atom stereocenters. The Labute approximate surface area is 300 Å². The van der Waals surface area contributed by atoms with E-state index in [1.54, 1.807) is 0 Å². The van der Waals surface area contributed by atoms with Gasteiger partial charge >= 0.3 is 0 Å². The van der Waals surface area contributed by atoms with Crippen LogP contribution in [0, 0.1) is 0 Å². The van der Waals surface area contributed by atoms with Gasteiger partial charge in [-0.05, 0) is 40.6 Å². The largest absolute Gasteiger partial charge is 0.245 e. The summed E-state index contributed by atoms with van der Waals surface area (Å²) >= 11 is 0. The molecule has 0 N–H and O–H groups in total. The predicted molar refractivity (Wildman–Crippen MR) is 215 cm³/mol. The van der Waals surface area contributed by atoms with Crippen LogP contribution in [0.4, 0.5) is 0 Å². The molecule has 0 spiro atoms. The number of rotatable bonds is 5. The van der Waals surface area contributed by atoms with E-state index in [1.165, 1.54) is 0 Å². The standard InChI is InChI=1S/C48H30N4/c1-4-12-31(13-5-1)41-28-25-34-22-23-35-26-29-42(50-46(35)45(34)49-41)40-20-10-18-36-30-37(24-27-38(36)40)39-19-11-21-43-48(39)52-47(33-16-8-3-9-17-33)44(51-43)32-14-6-2-7-15-32/h1-30H. The van der Waals surface area contributed by atoms with E-state index in [9.17, 15) is 0 Å². The zero-order chi connectivity index (χ0) is 34.4. The summed E-state index contributed by atoms with van der Waals surface area (Å²) in [6.07, 6.45) is 0. The first-order chi connectivity index (χ1) is 25.8. The lowest BCUT2D eigenvalue weighted by molar-refractivity contribution is 1.29. The molecule has 3 heterocycles. The minimum absolute atomic E-state index is 0.863. The van der Waals surface area contributed by atoms with Gasteiger partial charge in [0.2, 0.25) is 0 Å². The van der Waals surface area contributed by atoms with Gasteiger partial charge in [0, 0.05) is 38.6 Å². The summed E-state index contributed by atoms with van der Waals surface area (Å²) in [5, 5.41) is 4.41. The molecule has 0 saturated carbocycles. The van der Waals surface area contributed by atoms with Crippen LogP contribution in [-0.2, 0) is 0 Å². The lowest BCUT2D eigenvalue weighted by Gasteiger charge is -2.14. The Bertz CT molecular complexity index is 2940. The maximum atomic E-state index is 5.34. The van der Waals surface area contributed by atoms with Gasteiger partial charge in [-0.2, -0.15) is 0 Å². The lowest BCUT2D eigenvalue weighted by Crippen LogP contribution is -1.97. The van der Waals surface area contributed by atoms with E-state index < -0.39 is 0 Å². The van der Waals surface area contributed by atoms with E-state index >= 15 is 0 Å². The highest BCUT2D eigenvalue weighted by atomic mass is 14.8. The Morgan fingerprint density at radius 1 is 0.288 bits per heavy atom. The average molecular weight is 663 g/mol. The van der Waals surface area contributed by atoms with Crippen molar-refractivity contribution in [3.8, 4) is 56.2 Å². The second-order valence-electron chi connectivity index (χ2n) is 13.0. The molecule has 0 fully saturated rings. The van der Waals surface area contributed by atoms with Crippen molar-refractivity contribution in [3.63, 3.8) is 0 Å².